The van der Waals surface area contributed by atoms with Gasteiger partial charge in [-0.25, -0.2) is 0 Å². The van der Waals surface area contributed by atoms with Crippen LogP contribution in [-0.2, 0) is 16.2 Å². The molecule has 0 N–H and O–H groups in total. The largest absolute Gasteiger partial charge is 0.454 e. The fourth-order valence-electron chi connectivity index (χ4n) is 12.6. The van der Waals surface area contributed by atoms with Crippen LogP contribution in [0.15, 0.2) is 200 Å². The molecule has 0 amide bonds. The number of aryl methyl sites for hydroxylation is 1. The first-order chi connectivity index (χ1) is 38.4. The van der Waals surface area contributed by atoms with Crippen molar-refractivity contribution in [3.63, 3.8) is 0 Å². The average molecular weight is 1060 g/mol. The van der Waals surface area contributed by atoms with Crippen molar-refractivity contribution in [2.45, 2.75) is 85.5 Å². The lowest BCUT2D eigenvalue weighted by atomic mass is 9.33. The minimum atomic E-state index is -0.140. The van der Waals surface area contributed by atoms with E-state index in [-0.39, 0.29) is 29.8 Å². The van der Waals surface area contributed by atoms with Gasteiger partial charge in [0.05, 0.1) is 11.4 Å². The van der Waals surface area contributed by atoms with Gasteiger partial charge in [0.25, 0.3) is 6.71 Å². The molecule has 4 nitrogen and oxygen atoms in total. The summed E-state index contributed by atoms with van der Waals surface area (Å²) in [5.74, 6) is 1.54. The van der Waals surface area contributed by atoms with Gasteiger partial charge in [0.1, 0.15) is 0 Å². The second kappa shape index (κ2) is 18.4. The monoisotopic (exact) mass is 1060 g/mol. The van der Waals surface area contributed by atoms with Crippen molar-refractivity contribution in [1.82, 2.24) is 0 Å². The quantitative estimate of drug-likeness (QED) is 0.155. The van der Waals surface area contributed by atoms with Crippen molar-refractivity contribution in [3.8, 4) is 56.0 Å². The molecule has 0 unspecified atom stereocenters. The van der Waals surface area contributed by atoms with E-state index in [0.717, 1.165) is 62.3 Å². The van der Waals surface area contributed by atoms with E-state index in [1.807, 2.05) is 11.3 Å². The number of hydrogen-bond donors (Lipinski definition) is 0. The molecule has 11 aromatic rings. The van der Waals surface area contributed by atoms with Gasteiger partial charge in [-0.1, -0.05) is 196 Å². The van der Waals surface area contributed by atoms with Gasteiger partial charge in [-0.3, -0.25) is 0 Å². The third-order valence-electron chi connectivity index (χ3n) is 17.0. The Labute approximate surface area is 476 Å². The number of ether oxygens (including phenoxy) is 2. The highest BCUT2D eigenvalue weighted by Crippen LogP contribution is 2.53. The summed E-state index contributed by atoms with van der Waals surface area (Å²) in [4.78, 5) is 5.10. The number of thiophene rings is 1. The normalized spacial score (nSPS) is 13.7. The standard InChI is InChI=1S/C74H65BN2O2S/c1-45-36-64-69-65(37-45)77(62-34-30-55(74(8,9)10)43-59(62)48-16-12-11-13-17-48)70-61(33-35-66-71(70)79-44-78-66)75(69)60-32-25-49(50-24-31-58-57-18-14-15-19-67(57)80-68(58)42-50)41-63(60)76(64)56-39-51(46-20-26-53(27-21-46)72(2,3)4)38-52(40-56)47-22-28-54(29-23-47)73(5,6)7/h11-43H,44H2,1-10H3. The number of anilines is 6. The first kappa shape index (κ1) is 49.9. The fraction of sp³-hybridized carbons (Fsp3) is 0.189. The molecule has 0 fully saturated rings. The van der Waals surface area contributed by atoms with E-state index in [4.69, 9.17) is 9.47 Å². The number of hydrogen-bond acceptors (Lipinski definition) is 5. The zero-order valence-corrected chi connectivity index (χ0v) is 48.3. The topological polar surface area (TPSA) is 24.9 Å². The zero-order chi connectivity index (χ0) is 55.0. The molecule has 4 heterocycles. The smallest absolute Gasteiger partial charge is 0.252 e. The Morgan fingerprint density at radius 1 is 0.412 bits per heavy atom. The maximum absolute atomic E-state index is 6.66. The molecule has 0 saturated carbocycles. The van der Waals surface area contributed by atoms with Gasteiger partial charge in [0.2, 0.25) is 6.79 Å². The minimum absolute atomic E-state index is 0.0279. The lowest BCUT2D eigenvalue weighted by Gasteiger charge is -2.45. The Morgan fingerprint density at radius 3 is 1.66 bits per heavy atom. The summed E-state index contributed by atoms with van der Waals surface area (Å²) in [5.41, 5.74) is 24.8. The molecule has 10 aromatic carbocycles. The van der Waals surface area contributed by atoms with Crippen LogP contribution in [0.2, 0.25) is 0 Å². The fourth-order valence-corrected chi connectivity index (χ4v) is 13.8. The van der Waals surface area contributed by atoms with Crippen LogP contribution in [0, 0.1) is 6.92 Å². The van der Waals surface area contributed by atoms with Crippen molar-refractivity contribution in [1.29, 1.82) is 0 Å². The van der Waals surface area contributed by atoms with Crippen molar-refractivity contribution in [2.75, 3.05) is 16.6 Å². The van der Waals surface area contributed by atoms with Gasteiger partial charge in [0.15, 0.2) is 11.5 Å². The zero-order valence-electron chi connectivity index (χ0n) is 47.5. The third-order valence-corrected chi connectivity index (χ3v) is 18.1. The van der Waals surface area contributed by atoms with Crippen LogP contribution in [-0.4, -0.2) is 13.5 Å². The van der Waals surface area contributed by atoms with Crippen LogP contribution in [0.4, 0.5) is 34.1 Å². The van der Waals surface area contributed by atoms with E-state index in [0.29, 0.717) is 0 Å². The molecule has 0 radical (unpaired) electrons. The summed E-state index contributed by atoms with van der Waals surface area (Å²) in [5, 5.41) is 2.61. The Balaban J connectivity index is 1.06. The van der Waals surface area contributed by atoms with Crippen LogP contribution in [0.1, 0.15) is 84.6 Å². The number of fused-ring (bicyclic) bond motifs is 9. The van der Waals surface area contributed by atoms with E-state index in [1.165, 1.54) is 86.6 Å². The first-order valence-corrected chi connectivity index (χ1v) is 29.1. The molecule has 80 heavy (non-hydrogen) atoms. The molecule has 14 rings (SSSR count). The van der Waals surface area contributed by atoms with Crippen molar-refractivity contribution in [3.05, 3.63) is 222 Å². The third kappa shape index (κ3) is 8.33. The molecular weight excluding hydrogens is 992 g/mol. The van der Waals surface area contributed by atoms with Gasteiger partial charge >= 0.3 is 0 Å². The lowest BCUT2D eigenvalue weighted by Crippen LogP contribution is -2.61. The molecule has 3 aliphatic heterocycles. The summed E-state index contributed by atoms with van der Waals surface area (Å²) in [6, 6.07) is 76.1. The predicted molar refractivity (Wildman–Crippen MR) is 342 cm³/mol. The highest BCUT2D eigenvalue weighted by Gasteiger charge is 2.46. The SMILES string of the molecule is Cc1cc2c3c(c1)N(c1ccc(C(C)(C)C)cc1-c1ccccc1)c1c(ccc4c1OCO4)B3c1ccc(-c3ccc4c(c3)sc3ccccc34)cc1N2c1cc(-c2ccc(C(C)(C)C)cc2)cc(-c2ccc(C(C)(C)C)cc2)c1. The minimum Gasteiger partial charge on any atom is -0.454 e. The van der Waals surface area contributed by atoms with Crippen LogP contribution >= 0.6 is 11.3 Å². The molecule has 392 valence electrons. The number of rotatable bonds is 6. The molecule has 0 spiro atoms. The van der Waals surface area contributed by atoms with Crippen LogP contribution < -0.4 is 35.7 Å². The molecule has 0 bridgehead atoms. The number of nitrogens with zero attached hydrogens (tertiary/aromatic N) is 2. The van der Waals surface area contributed by atoms with Crippen LogP contribution in [0.5, 0.6) is 11.5 Å². The Bertz CT molecular complexity index is 4210. The molecule has 3 aliphatic rings. The Hall–Kier alpha value is -8.32. The lowest BCUT2D eigenvalue weighted by molar-refractivity contribution is 0.174. The predicted octanol–water partition coefficient (Wildman–Crippen LogP) is 18.7. The molecule has 6 heteroatoms. The molecule has 0 atom stereocenters. The van der Waals surface area contributed by atoms with Gasteiger partial charge in [-0.2, -0.15) is 0 Å². The molecule has 1 aromatic heterocycles. The van der Waals surface area contributed by atoms with E-state index in [9.17, 15) is 0 Å². The van der Waals surface area contributed by atoms with E-state index >= 15 is 0 Å². The number of benzene rings is 10. The summed E-state index contributed by atoms with van der Waals surface area (Å²) in [6.07, 6.45) is 0. The molecular formula is C74H65BN2O2S. The second-order valence-electron chi connectivity index (χ2n) is 25.4. The first-order valence-electron chi connectivity index (χ1n) is 28.2. The second-order valence-corrected chi connectivity index (χ2v) is 26.5. The average Bonchev–Trinajstić information content (AvgIpc) is 3.89. The highest BCUT2D eigenvalue weighted by molar-refractivity contribution is 7.25. The summed E-state index contributed by atoms with van der Waals surface area (Å²) in [6.45, 7) is 22.9. The van der Waals surface area contributed by atoms with Crippen molar-refractivity contribution in [2.24, 2.45) is 0 Å². The Kier molecular flexibility index (Phi) is 11.5. The maximum Gasteiger partial charge on any atom is 0.252 e. The van der Waals surface area contributed by atoms with Crippen molar-refractivity contribution >= 4 is 88.7 Å². The maximum atomic E-state index is 6.66. The van der Waals surface area contributed by atoms with Gasteiger partial charge in [-0.15, -0.1) is 11.3 Å². The summed E-state index contributed by atoms with van der Waals surface area (Å²) >= 11 is 1.87. The van der Waals surface area contributed by atoms with Crippen LogP contribution in [0.3, 0.4) is 0 Å². The van der Waals surface area contributed by atoms with E-state index < -0.39 is 0 Å². The van der Waals surface area contributed by atoms with Gasteiger partial charge in [0, 0.05) is 48.5 Å². The molecule has 0 saturated heterocycles. The summed E-state index contributed by atoms with van der Waals surface area (Å²) < 4.78 is 15.5. The summed E-state index contributed by atoms with van der Waals surface area (Å²) in [7, 11) is 0. The van der Waals surface area contributed by atoms with Gasteiger partial charge in [-0.05, 0) is 167 Å². The highest BCUT2D eigenvalue weighted by atomic mass is 32.1. The van der Waals surface area contributed by atoms with E-state index in [1.54, 1.807) is 0 Å². The van der Waals surface area contributed by atoms with Crippen molar-refractivity contribution < 1.29 is 9.47 Å². The van der Waals surface area contributed by atoms with Crippen LogP contribution in [0.25, 0.3) is 64.7 Å². The molecule has 0 aliphatic carbocycles. The van der Waals surface area contributed by atoms with E-state index in [2.05, 4.69) is 279 Å². The van der Waals surface area contributed by atoms with Gasteiger partial charge < -0.3 is 19.3 Å². The Morgan fingerprint density at radius 2 is 0.988 bits per heavy atom.